The van der Waals surface area contributed by atoms with Gasteiger partial charge in [-0.15, -0.1) is 5.10 Å². The van der Waals surface area contributed by atoms with E-state index in [9.17, 15) is 0 Å². The topological polar surface area (TPSA) is 47.0 Å². The average molecular weight is 235 g/mol. The molecule has 2 aromatic rings. The fourth-order valence-corrected chi connectivity index (χ4v) is 1.69. The van der Waals surface area contributed by atoms with Gasteiger partial charge in [-0.05, 0) is 23.7 Å². The van der Waals surface area contributed by atoms with Crippen molar-refractivity contribution >= 4 is 11.5 Å². The molecule has 0 spiro atoms. The summed E-state index contributed by atoms with van der Waals surface area (Å²) < 4.78 is 9.32. The molecule has 16 heavy (non-hydrogen) atoms. The average Bonchev–Trinajstić information content (AvgIpc) is 2.83. The Bertz CT molecular complexity index is 391. The number of nitrogens with zero attached hydrogens (tertiary/aromatic N) is 2. The fourth-order valence-electron chi connectivity index (χ4n) is 1.24. The number of hydrogen-bond acceptors (Lipinski definition) is 5. The molecule has 0 radical (unpaired) electrons. The molecule has 0 amide bonds. The summed E-state index contributed by atoms with van der Waals surface area (Å²) >= 11 is 1.37. The summed E-state index contributed by atoms with van der Waals surface area (Å²) in [7, 11) is 0. The molecule has 2 rings (SSSR count). The molecule has 84 valence electrons. The van der Waals surface area contributed by atoms with Crippen molar-refractivity contribution in [3.63, 3.8) is 0 Å². The standard InChI is InChI=1S/C11H13N3OS/c1-2-4-11(5-3-1)15-7-6-12-8-10-9-16-14-13-10/h1-5,9,12H,6-8H2. The van der Waals surface area contributed by atoms with Crippen LogP contribution >= 0.6 is 11.5 Å². The van der Waals surface area contributed by atoms with Crippen LogP contribution in [0, 0.1) is 0 Å². The Morgan fingerprint density at radius 3 is 2.88 bits per heavy atom. The summed E-state index contributed by atoms with van der Waals surface area (Å²) in [5.41, 5.74) is 0.977. The van der Waals surface area contributed by atoms with E-state index in [0.29, 0.717) is 6.61 Å². The summed E-state index contributed by atoms with van der Waals surface area (Å²) in [4.78, 5) is 0. The van der Waals surface area contributed by atoms with Gasteiger partial charge in [0.25, 0.3) is 0 Å². The maximum absolute atomic E-state index is 5.53. The lowest BCUT2D eigenvalue weighted by Gasteiger charge is -2.05. The molecular formula is C11H13N3OS. The molecule has 4 nitrogen and oxygen atoms in total. The molecule has 0 saturated heterocycles. The Hall–Kier alpha value is -1.46. The number of nitrogens with one attached hydrogen (secondary N) is 1. The number of benzene rings is 1. The highest BCUT2D eigenvalue weighted by Gasteiger charge is 1.95. The van der Waals surface area contributed by atoms with E-state index in [1.165, 1.54) is 11.5 Å². The van der Waals surface area contributed by atoms with E-state index in [-0.39, 0.29) is 0 Å². The molecule has 0 fully saturated rings. The van der Waals surface area contributed by atoms with Gasteiger partial charge in [0.2, 0.25) is 0 Å². The molecule has 1 aromatic carbocycles. The van der Waals surface area contributed by atoms with Crippen LogP contribution in [0.15, 0.2) is 35.7 Å². The van der Waals surface area contributed by atoms with Gasteiger partial charge in [0, 0.05) is 18.5 Å². The first-order chi connectivity index (χ1) is 7.95. The number of aromatic nitrogens is 2. The molecule has 1 heterocycles. The molecule has 5 heteroatoms. The highest BCUT2D eigenvalue weighted by molar-refractivity contribution is 7.03. The van der Waals surface area contributed by atoms with E-state index >= 15 is 0 Å². The van der Waals surface area contributed by atoms with Gasteiger partial charge >= 0.3 is 0 Å². The van der Waals surface area contributed by atoms with Gasteiger partial charge in [0.1, 0.15) is 12.4 Å². The smallest absolute Gasteiger partial charge is 0.119 e. The first-order valence-electron chi connectivity index (χ1n) is 5.09. The summed E-state index contributed by atoms with van der Waals surface area (Å²) in [5.74, 6) is 0.902. The third-order valence-electron chi connectivity index (χ3n) is 2.00. The van der Waals surface area contributed by atoms with Crippen LogP contribution in [0.4, 0.5) is 0 Å². The molecular weight excluding hydrogens is 222 g/mol. The van der Waals surface area contributed by atoms with Crippen molar-refractivity contribution in [2.24, 2.45) is 0 Å². The normalized spacial score (nSPS) is 10.2. The lowest BCUT2D eigenvalue weighted by atomic mass is 10.3. The van der Waals surface area contributed by atoms with E-state index in [4.69, 9.17) is 4.74 Å². The Balaban J connectivity index is 1.59. The van der Waals surface area contributed by atoms with Crippen molar-refractivity contribution in [1.29, 1.82) is 0 Å². The van der Waals surface area contributed by atoms with Gasteiger partial charge in [-0.3, -0.25) is 0 Å². The van der Waals surface area contributed by atoms with Crippen LogP contribution in [0.2, 0.25) is 0 Å². The monoisotopic (exact) mass is 235 g/mol. The maximum atomic E-state index is 5.53. The van der Waals surface area contributed by atoms with Gasteiger partial charge in [-0.1, -0.05) is 22.7 Å². The molecule has 0 aliphatic carbocycles. The largest absolute Gasteiger partial charge is 0.492 e. The van der Waals surface area contributed by atoms with E-state index in [0.717, 1.165) is 24.5 Å². The van der Waals surface area contributed by atoms with Crippen LogP contribution in [0.1, 0.15) is 5.69 Å². The number of para-hydroxylation sites is 1. The summed E-state index contributed by atoms with van der Waals surface area (Å²) in [6.07, 6.45) is 0. The van der Waals surface area contributed by atoms with Crippen LogP contribution in [-0.2, 0) is 6.54 Å². The molecule has 0 saturated carbocycles. The Morgan fingerprint density at radius 2 is 2.12 bits per heavy atom. The molecule has 1 aromatic heterocycles. The lowest BCUT2D eigenvalue weighted by molar-refractivity contribution is 0.313. The number of rotatable bonds is 6. The third kappa shape index (κ3) is 3.60. The van der Waals surface area contributed by atoms with E-state index in [1.807, 2.05) is 35.7 Å². The van der Waals surface area contributed by atoms with Gasteiger partial charge in [-0.2, -0.15) is 0 Å². The summed E-state index contributed by atoms with van der Waals surface area (Å²) in [6.45, 7) is 2.20. The first-order valence-corrected chi connectivity index (χ1v) is 5.93. The second-order valence-corrected chi connectivity index (χ2v) is 3.84. The molecule has 0 unspecified atom stereocenters. The minimum atomic E-state index is 0.654. The van der Waals surface area contributed by atoms with Crippen molar-refractivity contribution in [3.8, 4) is 5.75 Å². The van der Waals surface area contributed by atoms with Crippen molar-refractivity contribution in [1.82, 2.24) is 14.9 Å². The lowest BCUT2D eigenvalue weighted by Crippen LogP contribution is -2.20. The van der Waals surface area contributed by atoms with Crippen molar-refractivity contribution in [2.75, 3.05) is 13.2 Å². The quantitative estimate of drug-likeness (QED) is 0.774. The molecule has 0 atom stereocenters. The Kier molecular flexibility index (Phi) is 4.27. The highest BCUT2D eigenvalue weighted by Crippen LogP contribution is 2.07. The molecule has 0 aliphatic heterocycles. The van der Waals surface area contributed by atoms with Crippen LogP contribution in [-0.4, -0.2) is 22.7 Å². The van der Waals surface area contributed by atoms with Gasteiger partial charge < -0.3 is 10.1 Å². The number of ether oxygens (including phenoxy) is 1. The third-order valence-corrected chi connectivity index (χ3v) is 2.56. The first kappa shape index (κ1) is 11.0. The van der Waals surface area contributed by atoms with Crippen LogP contribution < -0.4 is 10.1 Å². The van der Waals surface area contributed by atoms with E-state index in [1.54, 1.807) is 0 Å². The molecule has 0 aliphatic rings. The summed E-state index contributed by atoms with van der Waals surface area (Å²) in [6, 6.07) is 9.79. The van der Waals surface area contributed by atoms with Crippen molar-refractivity contribution < 1.29 is 4.74 Å². The second kappa shape index (κ2) is 6.19. The number of hydrogen-bond donors (Lipinski definition) is 1. The zero-order chi connectivity index (χ0) is 11.1. The predicted octanol–water partition coefficient (Wildman–Crippen LogP) is 1.71. The van der Waals surface area contributed by atoms with Gasteiger partial charge in [-0.25, -0.2) is 0 Å². The van der Waals surface area contributed by atoms with Gasteiger partial charge in [0.15, 0.2) is 0 Å². The summed E-state index contributed by atoms with van der Waals surface area (Å²) in [5, 5.41) is 9.11. The van der Waals surface area contributed by atoms with Crippen molar-refractivity contribution in [3.05, 3.63) is 41.4 Å². The van der Waals surface area contributed by atoms with E-state index < -0.39 is 0 Å². The van der Waals surface area contributed by atoms with Gasteiger partial charge in [0.05, 0.1) is 5.69 Å². The fraction of sp³-hybridized carbons (Fsp3) is 0.273. The zero-order valence-corrected chi connectivity index (χ0v) is 9.61. The Morgan fingerprint density at radius 1 is 1.25 bits per heavy atom. The predicted molar refractivity (Wildman–Crippen MR) is 63.6 cm³/mol. The van der Waals surface area contributed by atoms with Crippen LogP contribution in [0.25, 0.3) is 0 Å². The van der Waals surface area contributed by atoms with Crippen LogP contribution in [0.3, 0.4) is 0 Å². The second-order valence-electron chi connectivity index (χ2n) is 3.23. The zero-order valence-electron chi connectivity index (χ0n) is 8.80. The van der Waals surface area contributed by atoms with Crippen molar-refractivity contribution in [2.45, 2.75) is 6.54 Å². The maximum Gasteiger partial charge on any atom is 0.119 e. The SMILES string of the molecule is c1ccc(OCCNCc2csnn2)cc1. The minimum Gasteiger partial charge on any atom is -0.492 e. The molecule has 0 bridgehead atoms. The highest BCUT2D eigenvalue weighted by atomic mass is 32.1. The minimum absolute atomic E-state index is 0.654. The Labute approximate surface area is 98.4 Å². The van der Waals surface area contributed by atoms with Crippen LogP contribution in [0.5, 0.6) is 5.75 Å². The molecule has 1 N–H and O–H groups in total. The van der Waals surface area contributed by atoms with E-state index in [2.05, 4.69) is 14.9 Å².